The quantitative estimate of drug-likeness (QED) is 0.749. The lowest BCUT2D eigenvalue weighted by atomic mass is 9.98. The van der Waals surface area contributed by atoms with Gasteiger partial charge in [0.1, 0.15) is 11.6 Å². The van der Waals surface area contributed by atoms with Crippen molar-refractivity contribution in [2.24, 2.45) is 5.73 Å². The molecule has 1 heterocycles. The van der Waals surface area contributed by atoms with Crippen LogP contribution in [0.3, 0.4) is 0 Å². The van der Waals surface area contributed by atoms with Crippen LogP contribution in [0.4, 0.5) is 5.82 Å². The van der Waals surface area contributed by atoms with E-state index in [0.717, 1.165) is 33.7 Å². The molecule has 0 aliphatic rings. The van der Waals surface area contributed by atoms with E-state index in [4.69, 9.17) is 27.8 Å². The second kappa shape index (κ2) is 6.91. The number of aromatic nitrogens is 1. The summed E-state index contributed by atoms with van der Waals surface area (Å²) in [5.74, 6) is 1.21. The molecule has 0 bridgehead atoms. The molecule has 5 heteroatoms. The highest BCUT2D eigenvalue weighted by Crippen LogP contribution is 2.35. The zero-order chi connectivity index (χ0) is 17.1. The molecule has 2 aromatic carbocycles. The minimum atomic E-state index is 0.294. The molecule has 0 saturated carbocycles. The summed E-state index contributed by atoms with van der Waals surface area (Å²) in [6, 6.07) is 17.3. The lowest BCUT2D eigenvalue weighted by Crippen LogP contribution is -2.07. The summed E-state index contributed by atoms with van der Waals surface area (Å²) in [5.41, 5.74) is 16.3. The molecule has 0 aliphatic heterocycles. The van der Waals surface area contributed by atoms with E-state index in [0.29, 0.717) is 17.4 Å². The second-order valence-electron chi connectivity index (χ2n) is 5.33. The lowest BCUT2D eigenvalue weighted by Gasteiger charge is -2.14. The summed E-state index contributed by atoms with van der Waals surface area (Å²) in [7, 11) is 1.64. The van der Waals surface area contributed by atoms with Gasteiger partial charge in [0, 0.05) is 28.3 Å². The summed E-state index contributed by atoms with van der Waals surface area (Å²) in [6.07, 6.45) is 0. The highest BCUT2D eigenvalue weighted by Gasteiger charge is 2.14. The fraction of sp³-hybridized carbons (Fsp3) is 0.105. The SMILES string of the molecule is COc1ccc(-c2cc(-c3ccccc3Cl)c(CN)c(N)n2)cc1. The van der Waals surface area contributed by atoms with E-state index in [9.17, 15) is 0 Å². The summed E-state index contributed by atoms with van der Waals surface area (Å²) in [5, 5.41) is 0.651. The third-order valence-corrected chi connectivity index (χ3v) is 4.24. The van der Waals surface area contributed by atoms with Crippen LogP contribution in [0.1, 0.15) is 5.56 Å². The molecule has 4 nitrogen and oxygen atoms in total. The molecule has 3 aromatic rings. The number of hydrogen-bond donors (Lipinski definition) is 2. The summed E-state index contributed by atoms with van der Waals surface area (Å²) in [6.45, 7) is 0.294. The number of nitrogens with zero attached hydrogens (tertiary/aromatic N) is 1. The van der Waals surface area contributed by atoms with E-state index < -0.39 is 0 Å². The largest absolute Gasteiger partial charge is 0.497 e. The van der Waals surface area contributed by atoms with Gasteiger partial charge in [-0.15, -0.1) is 0 Å². The molecule has 0 amide bonds. The summed E-state index contributed by atoms with van der Waals surface area (Å²) < 4.78 is 5.19. The normalized spacial score (nSPS) is 10.6. The predicted octanol–water partition coefficient (Wildman–Crippen LogP) is 4.12. The van der Waals surface area contributed by atoms with Gasteiger partial charge in [-0.05, 0) is 42.0 Å². The lowest BCUT2D eigenvalue weighted by molar-refractivity contribution is 0.415. The smallest absolute Gasteiger partial charge is 0.129 e. The van der Waals surface area contributed by atoms with Crippen LogP contribution in [-0.2, 0) is 6.54 Å². The van der Waals surface area contributed by atoms with E-state index in [1.54, 1.807) is 7.11 Å². The van der Waals surface area contributed by atoms with Crippen LogP contribution in [0.25, 0.3) is 22.4 Å². The molecular formula is C19H18ClN3O. The first kappa shape index (κ1) is 16.3. The topological polar surface area (TPSA) is 74.2 Å². The first-order chi connectivity index (χ1) is 11.6. The van der Waals surface area contributed by atoms with Crippen LogP contribution in [-0.4, -0.2) is 12.1 Å². The van der Waals surface area contributed by atoms with Crippen molar-refractivity contribution >= 4 is 17.4 Å². The van der Waals surface area contributed by atoms with Crippen molar-refractivity contribution < 1.29 is 4.74 Å². The summed E-state index contributed by atoms with van der Waals surface area (Å²) >= 11 is 6.36. The molecule has 1 aromatic heterocycles. The van der Waals surface area contributed by atoms with Gasteiger partial charge in [-0.1, -0.05) is 29.8 Å². The van der Waals surface area contributed by atoms with Gasteiger partial charge in [0.25, 0.3) is 0 Å². The molecule has 0 saturated heterocycles. The molecule has 0 aliphatic carbocycles. The number of pyridine rings is 1. The Hall–Kier alpha value is -2.56. The number of ether oxygens (including phenoxy) is 1. The molecule has 0 spiro atoms. The van der Waals surface area contributed by atoms with E-state index in [-0.39, 0.29) is 0 Å². The average molecular weight is 340 g/mol. The zero-order valence-electron chi connectivity index (χ0n) is 13.3. The van der Waals surface area contributed by atoms with Crippen LogP contribution >= 0.6 is 11.6 Å². The fourth-order valence-electron chi connectivity index (χ4n) is 2.64. The maximum absolute atomic E-state index is 6.36. The van der Waals surface area contributed by atoms with Crippen molar-refractivity contribution in [2.75, 3.05) is 12.8 Å². The van der Waals surface area contributed by atoms with Gasteiger partial charge < -0.3 is 16.2 Å². The highest BCUT2D eigenvalue weighted by molar-refractivity contribution is 6.33. The van der Waals surface area contributed by atoms with E-state index in [1.165, 1.54) is 0 Å². The average Bonchev–Trinajstić information content (AvgIpc) is 2.61. The number of anilines is 1. The third-order valence-electron chi connectivity index (χ3n) is 3.91. The molecule has 0 unspecified atom stereocenters. The Labute approximate surface area is 146 Å². The van der Waals surface area contributed by atoms with Crippen molar-refractivity contribution in [3.63, 3.8) is 0 Å². The van der Waals surface area contributed by atoms with Crippen molar-refractivity contribution in [3.8, 4) is 28.1 Å². The Morgan fingerprint density at radius 1 is 1.04 bits per heavy atom. The van der Waals surface area contributed by atoms with E-state index >= 15 is 0 Å². The Bertz CT molecular complexity index is 863. The Morgan fingerprint density at radius 3 is 2.38 bits per heavy atom. The van der Waals surface area contributed by atoms with Crippen molar-refractivity contribution in [1.82, 2.24) is 4.98 Å². The Kier molecular flexibility index (Phi) is 4.69. The maximum Gasteiger partial charge on any atom is 0.129 e. The Balaban J connectivity index is 2.18. The summed E-state index contributed by atoms with van der Waals surface area (Å²) in [4.78, 5) is 4.50. The molecule has 0 radical (unpaired) electrons. The van der Waals surface area contributed by atoms with Gasteiger partial charge >= 0.3 is 0 Å². The number of halogens is 1. The van der Waals surface area contributed by atoms with Crippen LogP contribution in [0.5, 0.6) is 5.75 Å². The van der Waals surface area contributed by atoms with Crippen LogP contribution in [0.2, 0.25) is 5.02 Å². The maximum atomic E-state index is 6.36. The highest BCUT2D eigenvalue weighted by atomic mass is 35.5. The monoisotopic (exact) mass is 339 g/mol. The number of nitrogens with two attached hydrogens (primary N) is 2. The fourth-order valence-corrected chi connectivity index (χ4v) is 2.87. The molecule has 4 N–H and O–H groups in total. The third kappa shape index (κ3) is 3.07. The van der Waals surface area contributed by atoms with Gasteiger partial charge in [0.05, 0.1) is 12.8 Å². The molecular weight excluding hydrogens is 322 g/mol. The number of nitrogen functional groups attached to an aromatic ring is 1. The van der Waals surface area contributed by atoms with Crippen molar-refractivity contribution in [3.05, 3.63) is 65.2 Å². The number of methoxy groups -OCH3 is 1. The minimum Gasteiger partial charge on any atom is -0.497 e. The number of hydrogen-bond acceptors (Lipinski definition) is 4. The van der Waals surface area contributed by atoms with Crippen molar-refractivity contribution in [1.29, 1.82) is 0 Å². The van der Waals surface area contributed by atoms with Crippen LogP contribution < -0.4 is 16.2 Å². The van der Waals surface area contributed by atoms with E-state index in [1.807, 2.05) is 54.6 Å². The number of benzene rings is 2. The van der Waals surface area contributed by atoms with Gasteiger partial charge in [-0.3, -0.25) is 0 Å². The molecule has 24 heavy (non-hydrogen) atoms. The van der Waals surface area contributed by atoms with Gasteiger partial charge in [0.15, 0.2) is 0 Å². The second-order valence-corrected chi connectivity index (χ2v) is 5.74. The van der Waals surface area contributed by atoms with Crippen LogP contribution in [0.15, 0.2) is 54.6 Å². The molecule has 3 rings (SSSR count). The van der Waals surface area contributed by atoms with E-state index in [2.05, 4.69) is 4.98 Å². The van der Waals surface area contributed by atoms with Gasteiger partial charge in [-0.2, -0.15) is 0 Å². The van der Waals surface area contributed by atoms with Gasteiger partial charge in [-0.25, -0.2) is 4.98 Å². The minimum absolute atomic E-state index is 0.294. The van der Waals surface area contributed by atoms with Crippen molar-refractivity contribution in [2.45, 2.75) is 6.54 Å². The molecule has 0 fully saturated rings. The Morgan fingerprint density at radius 2 is 1.75 bits per heavy atom. The van der Waals surface area contributed by atoms with Gasteiger partial charge in [0.2, 0.25) is 0 Å². The molecule has 122 valence electrons. The first-order valence-electron chi connectivity index (χ1n) is 7.53. The first-order valence-corrected chi connectivity index (χ1v) is 7.90. The standard InChI is InChI=1S/C19H18ClN3O/c1-24-13-8-6-12(7-9-13)18-10-15(16(11-21)19(22)23-18)14-4-2-3-5-17(14)20/h2-10H,11,21H2,1H3,(H2,22,23). The zero-order valence-corrected chi connectivity index (χ0v) is 14.0. The molecule has 0 atom stereocenters. The van der Waals surface area contributed by atoms with Crippen LogP contribution in [0, 0.1) is 0 Å². The number of rotatable bonds is 4. The predicted molar refractivity (Wildman–Crippen MR) is 99.0 cm³/mol.